The summed E-state index contributed by atoms with van der Waals surface area (Å²) in [7, 11) is 0. The van der Waals surface area contributed by atoms with E-state index < -0.39 is 0 Å². The number of rotatable bonds is 2. The number of halogens is 7. The Bertz CT molecular complexity index is 914. The van der Waals surface area contributed by atoms with Crippen molar-refractivity contribution in [3.8, 4) is 22.5 Å². The van der Waals surface area contributed by atoms with E-state index >= 15 is 0 Å². The van der Waals surface area contributed by atoms with Gasteiger partial charge in [0.2, 0.25) is 0 Å². The molecule has 0 saturated carbocycles. The highest BCUT2D eigenvalue weighted by Crippen LogP contribution is 2.39. The van der Waals surface area contributed by atoms with Crippen LogP contribution in [0, 0.1) is 3.57 Å². The van der Waals surface area contributed by atoms with Crippen molar-refractivity contribution in [2.24, 2.45) is 0 Å². The van der Waals surface area contributed by atoms with Gasteiger partial charge in [-0.1, -0.05) is 69.6 Å². The summed E-state index contributed by atoms with van der Waals surface area (Å²) in [6, 6.07) is 10.3. The smallest absolute Gasteiger partial charge is 0.0736 e. The monoisotopic (exact) mass is 561 g/mol. The van der Waals surface area contributed by atoms with E-state index in [0.717, 1.165) is 3.57 Å². The van der Waals surface area contributed by atoms with Crippen LogP contribution in [0.2, 0.25) is 30.1 Å². The zero-order valence-corrected chi connectivity index (χ0v) is 18.8. The first-order chi connectivity index (χ1) is 11.8. The second kappa shape index (κ2) is 7.97. The predicted molar refractivity (Wildman–Crippen MR) is 118 cm³/mol. The van der Waals surface area contributed by atoms with Crippen molar-refractivity contribution in [2.45, 2.75) is 0 Å². The fourth-order valence-electron chi connectivity index (χ4n) is 2.26. The van der Waals surface area contributed by atoms with Gasteiger partial charge in [-0.15, -0.1) is 0 Å². The second-order valence-corrected chi connectivity index (χ2v) is 8.74. The molecule has 0 N–H and O–H groups in total. The normalized spacial score (nSPS) is 11.0. The Morgan fingerprint density at radius 2 is 1.00 bits per heavy atom. The molecule has 0 amide bonds. The molecule has 1 nitrogen and oxygen atoms in total. The van der Waals surface area contributed by atoms with Crippen molar-refractivity contribution in [3.05, 3.63) is 70.1 Å². The van der Waals surface area contributed by atoms with Crippen molar-refractivity contribution in [2.75, 3.05) is 0 Å². The molecule has 0 aliphatic carbocycles. The molecule has 3 aromatic rings. The summed E-state index contributed by atoms with van der Waals surface area (Å²) in [6.07, 6.45) is 0. The van der Waals surface area contributed by atoms with E-state index in [-0.39, 0.29) is 0 Å². The van der Waals surface area contributed by atoms with Gasteiger partial charge in [-0.2, -0.15) is 0 Å². The highest BCUT2D eigenvalue weighted by atomic mass is 127. The first kappa shape index (κ1) is 19.8. The van der Waals surface area contributed by atoms with Crippen LogP contribution < -0.4 is 0 Å². The van der Waals surface area contributed by atoms with Crippen LogP contribution in [0.15, 0.2) is 36.4 Å². The Morgan fingerprint density at radius 3 is 1.40 bits per heavy atom. The third-order valence-electron chi connectivity index (χ3n) is 3.33. The van der Waals surface area contributed by atoms with Crippen LogP contribution in [0.3, 0.4) is 0 Å². The van der Waals surface area contributed by atoms with Gasteiger partial charge in [-0.3, -0.25) is 0 Å². The van der Waals surface area contributed by atoms with Gasteiger partial charge in [0.1, 0.15) is 0 Å². The van der Waals surface area contributed by atoms with Crippen molar-refractivity contribution in [1.82, 2.24) is 4.98 Å². The molecule has 1 heterocycles. The molecule has 2 aromatic carbocycles. The average Bonchev–Trinajstić information content (AvgIpc) is 2.53. The van der Waals surface area contributed by atoms with Crippen LogP contribution in [0.25, 0.3) is 22.5 Å². The largest absolute Gasteiger partial charge is 0.248 e. The molecule has 0 unspecified atom stereocenters. The van der Waals surface area contributed by atoms with Gasteiger partial charge in [0, 0.05) is 24.7 Å². The Morgan fingerprint density at radius 1 is 0.600 bits per heavy atom. The van der Waals surface area contributed by atoms with Crippen LogP contribution in [0.4, 0.5) is 0 Å². The zero-order chi connectivity index (χ0) is 18.3. The molecule has 8 heteroatoms. The summed E-state index contributed by atoms with van der Waals surface area (Å²) in [6.45, 7) is 0. The molecule has 3 rings (SSSR count). The maximum Gasteiger partial charge on any atom is 0.0736 e. The molecule has 0 radical (unpaired) electrons. The molecule has 0 fully saturated rings. The van der Waals surface area contributed by atoms with Crippen LogP contribution in [-0.4, -0.2) is 4.98 Å². The van der Waals surface area contributed by atoms with Gasteiger partial charge < -0.3 is 0 Å². The molecule has 128 valence electrons. The molecule has 1 aromatic heterocycles. The van der Waals surface area contributed by atoms with Gasteiger partial charge in [0.25, 0.3) is 0 Å². The van der Waals surface area contributed by atoms with Crippen molar-refractivity contribution >= 4 is 92.2 Å². The van der Waals surface area contributed by atoms with E-state index in [1.54, 1.807) is 24.3 Å². The van der Waals surface area contributed by atoms with Crippen molar-refractivity contribution in [1.29, 1.82) is 0 Å². The molecule has 0 bridgehead atoms. The number of nitrogens with zero attached hydrogens (tertiary/aromatic N) is 1. The fraction of sp³-hybridized carbons (Fsp3) is 0. The summed E-state index contributed by atoms with van der Waals surface area (Å²) >= 11 is 39.3. The summed E-state index contributed by atoms with van der Waals surface area (Å²) in [4.78, 5) is 4.65. The van der Waals surface area contributed by atoms with Gasteiger partial charge in [-0.25, -0.2) is 4.98 Å². The molecular formula is C17H6Cl6IN. The Balaban J connectivity index is 2.25. The molecular weight excluding hydrogens is 558 g/mol. The third-order valence-corrected chi connectivity index (χ3v) is 5.99. The minimum absolute atomic E-state index is 0.357. The summed E-state index contributed by atoms with van der Waals surface area (Å²) < 4.78 is 0.928. The number of hydrogen-bond acceptors (Lipinski definition) is 1. The fourth-order valence-corrected chi connectivity index (χ4v) is 4.25. The summed E-state index contributed by atoms with van der Waals surface area (Å²) in [5.74, 6) is 0. The molecule has 0 aliphatic heterocycles. The van der Waals surface area contributed by atoms with E-state index in [4.69, 9.17) is 69.6 Å². The lowest BCUT2D eigenvalue weighted by Gasteiger charge is -2.11. The van der Waals surface area contributed by atoms with E-state index in [2.05, 4.69) is 27.6 Å². The SMILES string of the molecule is Clc1cc(Cl)c(Cl)c(-c2cc(I)cc(-c3cc(Cl)cc(Cl)c3Cl)n2)c1. The van der Waals surface area contributed by atoms with E-state index in [0.29, 0.717) is 52.7 Å². The first-order valence-electron chi connectivity index (χ1n) is 6.73. The zero-order valence-electron chi connectivity index (χ0n) is 12.1. The Kier molecular flexibility index (Phi) is 6.32. The minimum Gasteiger partial charge on any atom is -0.248 e. The number of benzene rings is 2. The van der Waals surface area contributed by atoms with E-state index in [1.165, 1.54) is 0 Å². The maximum atomic E-state index is 6.33. The van der Waals surface area contributed by atoms with Crippen molar-refractivity contribution in [3.63, 3.8) is 0 Å². The molecule has 0 saturated heterocycles. The lowest BCUT2D eigenvalue weighted by Crippen LogP contribution is -1.93. The van der Waals surface area contributed by atoms with Crippen LogP contribution in [0.1, 0.15) is 0 Å². The van der Waals surface area contributed by atoms with E-state index in [9.17, 15) is 0 Å². The van der Waals surface area contributed by atoms with Crippen molar-refractivity contribution < 1.29 is 0 Å². The number of hydrogen-bond donors (Lipinski definition) is 0. The summed E-state index contributed by atoms with van der Waals surface area (Å²) in [5.41, 5.74) is 2.48. The standard InChI is InChI=1S/C17H6Cl6IN/c18-7-1-10(16(22)12(20)3-7)14-5-9(24)6-15(25-14)11-2-8(19)4-13(21)17(11)23/h1-6H. The average molecular weight is 564 g/mol. The summed E-state index contributed by atoms with van der Waals surface area (Å²) in [5, 5.41) is 2.40. The number of aromatic nitrogens is 1. The highest BCUT2D eigenvalue weighted by molar-refractivity contribution is 14.1. The Labute approximate surface area is 188 Å². The molecule has 0 spiro atoms. The van der Waals surface area contributed by atoms with Gasteiger partial charge >= 0.3 is 0 Å². The highest BCUT2D eigenvalue weighted by Gasteiger charge is 2.15. The molecule has 0 aliphatic rings. The van der Waals surface area contributed by atoms with Gasteiger partial charge in [0.05, 0.1) is 31.5 Å². The Hall–Kier alpha value is 0.0600. The third kappa shape index (κ3) is 4.32. The topological polar surface area (TPSA) is 12.9 Å². The van der Waals surface area contributed by atoms with Gasteiger partial charge in [-0.05, 0) is 59.0 Å². The minimum atomic E-state index is 0.357. The molecule has 0 atom stereocenters. The van der Waals surface area contributed by atoms with Crippen LogP contribution >= 0.6 is 92.2 Å². The predicted octanol–water partition coefficient (Wildman–Crippen LogP) is 8.94. The number of pyridine rings is 1. The lowest BCUT2D eigenvalue weighted by atomic mass is 10.1. The first-order valence-corrected chi connectivity index (χ1v) is 10.1. The van der Waals surface area contributed by atoms with Gasteiger partial charge in [0.15, 0.2) is 0 Å². The quantitative estimate of drug-likeness (QED) is 0.224. The van der Waals surface area contributed by atoms with E-state index in [1.807, 2.05) is 12.1 Å². The molecule has 25 heavy (non-hydrogen) atoms. The van der Waals surface area contributed by atoms with Crippen LogP contribution in [-0.2, 0) is 0 Å². The lowest BCUT2D eigenvalue weighted by molar-refractivity contribution is 1.31. The second-order valence-electron chi connectivity index (χ2n) is 5.05. The van der Waals surface area contributed by atoms with Crippen LogP contribution in [0.5, 0.6) is 0 Å². The maximum absolute atomic E-state index is 6.33.